The molecule has 3 heterocycles. The Bertz CT molecular complexity index is 467. The van der Waals surface area contributed by atoms with Crippen molar-refractivity contribution in [2.75, 3.05) is 57.8 Å². The molecule has 2 aliphatic rings. The third-order valence-electron chi connectivity index (χ3n) is 4.54. The topological polar surface area (TPSA) is 53.5 Å². The number of hydrogen-bond acceptors (Lipinski definition) is 6. The molecule has 0 amide bonds. The van der Waals surface area contributed by atoms with Crippen LogP contribution >= 0.6 is 0 Å². The van der Waals surface area contributed by atoms with Crippen LogP contribution in [0.25, 0.3) is 0 Å². The zero-order chi connectivity index (χ0) is 14.7. The molecule has 0 radical (unpaired) electrons. The average molecular weight is 291 g/mol. The monoisotopic (exact) mass is 291 g/mol. The van der Waals surface area contributed by atoms with E-state index in [0.29, 0.717) is 11.3 Å². The highest BCUT2D eigenvalue weighted by atomic mass is 16.5. The second kappa shape index (κ2) is 6.15. The molecule has 116 valence electrons. The molecule has 0 saturated carbocycles. The molecule has 6 heteroatoms. The van der Waals surface area contributed by atoms with E-state index in [1.54, 1.807) is 19.4 Å². The molecule has 0 bridgehead atoms. The lowest BCUT2D eigenvalue weighted by molar-refractivity contribution is 0.169. The lowest BCUT2D eigenvalue weighted by Crippen LogP contribution is -2.50. The van der Waals surface area contributed by atoms with E-state index in [9.17, 15) is 0 Å². The van der Waals surface area contributed by atoms with Crippen LogP contribution in [-0.2, 0) is 0 Å². The minimum absolute atomic E-state index is 0.439. The molecule has 1 unspecified atom stereocenters. The molecule has 2 saturated heterocycles. The third kappa shape index (κ3) is 3.44. The number of methoxy groups -OCH3 is 1. The predicted octanol–water partition coefficient (Wildman–Crippen LogP) is 0.607. The van der Waals surface area contributed by atoms with Gasteiger partial charge in [-0.25, -0.2) is 4.98 Å². The first-order valence-corrected chi connectivity index (χ1v) is 7.74. The van der Waals surface area contributed by atoms with Gasteiger partial charge >= 0.3 is 0 Å². The van der Waals surface area contributed by atoms with Gasteiger partial charge in [-0.1, -0.05) is 6.92 Å². The molecule has 0 spiro atoms. The van der Waals surface area contributed by atoms with Gasteiger partial charge in [0.25, 0.3) is 0 Å². The number of hydrogen-bond donors (Lipinski definition) is 1. The number of aromatic nitrogens is 2. The van der Waals surface area contributed by atoms with E-state index in [4.69, 9.17) is 4.74 Å². The molecule has 2 aliphatic heterocycles. The van der Waals surface area contributed by atoms with Gasteiger partial charge in [0.05, 0.1) is 7.11 Å². The minimum atomic E-state index is 0.439. The molecular weight excluding hydrogens is 266 g/mol. The Hall–Kier alpha value is -1.40. The normalized spacial score (nSPS) is 27.0. The van der Waals surface area contributed by atoms with Crippen LogP contribution in [-0.4, -0.2) is 67.8 Å². The van der Waals surface area contributed by atoms with Gasteiger partial charge in [-0.3, -0.25) is 4.90 Å². The van der Waals surface area contributed by atoms with E-state index in [1.807, 2.05) is 0 Å². The number of nitrogens with zero attached hydrogens (tertiary/aromatic N) is 4. The molecule has 1 N–H and O–H groups in total. The van der Waals surface area contributed by atoms with Crippen molar-refractivity contribution >= 4 is 5.95 Å². The molecular formula is C15H25N5O. The number of piperazine rings is 1. The van der Waals surface area contributed by atoms with Gasteiger partial charge in [-0.15, -0.1) is 0 Å². The van der Waals surface area contributed by atoms with E-state index < -0.39 is 0 Å². The van der Waals surface area contributed by atoms with Crippen LogP contribution in [0.15, 0.2) is 12.3 Å². The first-order chi connectivity index (χ1) is 10.2. The van der Waals surface area contributed by atoms with E-state index in [1.165, 1.54) is 13.0 Å². The minimum Gasteiger partial charge on any atom is -0.481 e. The van der Waals surface area contributed by atoms with Gasteiger partial charge < -0.3 is 15.0 Å². The van der Waals surface area contributed by atoms with Crippen LogP contribution in [0.2, 0.25) is 0 Å². The molecule has 1 atom stereocenters. The fourth-order valence-electron chi connectivity index (χ4n) is 3.25. The molecule has 2 fully saturated rings. The Labute approximate surface area is 126 Å². The number of ether oxygens (including phenoxy) is 1. The smallest absolute Gasteiger partial charge is 0.228 e. The average Bonchev–Trinajstić information content (AvgIpc) is 2.94. The van der Waals surface area contributed by atoms with Crippen molar-refractivity contribution in [3.05, 3.63) is 12.3 Å². The van der Waals surface area contributed by atoms with Gasteiger partial charge in [0, 0.05) is 51.5 Å². The second-order valence-corrected chi connectivity index (χ2v) is 6.40. The lowest BCUT2D eigenvalue weighted by Gasteiger charge is -2.38. The van der Waals surface area contributed by atoms with Gasteiger partial charge in [-0.05, 0) is 18.4 Å². The lowest BCUT2D eigenvalue weighted by atomic mass is 9.89. The highest BCUT2D eigenvalue weighted by molar-refractivity contribution is 5.32. The summed E-state index contributed by atoms with van der Waals surface area (Å²) in [6.07, 6.45) is 3.05. The maximum atomic E-state index is 5.17. The molecule has 6 nitrogen and oxygen atoms in total. The summed E-state index contributed by atoms with van der Waals surface area (Å²) in [6.45, 7) is 10.0. The van der Waals surface area contributed by atoms with Gasteiger partial charge in [-0.2, -0.15) is 4.98 Å². The zero-order valence-electron chi connectivity index (χ0n) is 13.0. The van der Waals surface area contributed by atoms with Crippen molar-refractivity contribution < 1.29 is 4.74 Å². The summed E-state index contributed by atoms with van der Waals surface area (Å²) in [4.78, 5) is 13.6. The molecule has 0 aliphatic carbocycles. The fraction of sp³-hybridized carbons (Fsp3) is 0.733. The Morgan fingerprint density at radius 3 is 2.81 bits per heavy atom. The van der Waals surface area contributed by atoms with Gasteiger partial charge in [0.15, 0.2) is 0 Å². The first kappa shape index (κ1) is 14.5. The van der Waals surface area contributed by atoms with E-state index in [2.05, 4.69) is 32.0 Å². The van der Waals surface area contributed by atoms with Crippen molar-refractivity contribution in [1.82, 2.24) is 20.2 Å². The van der Waals surface area contributed by atoms with Crippen molar-refractivity contribution in [2.45, 2.75) is 13.3 Å². The molecule has 1 aromatic heterocycles. The highest BCUT2D eigenvalue weighted by Crippen LogP contribution is 2.26. The Balaban J connectivity index is 1.54. The van der Waals surface area contributed by atoms with Crippen molar-refractivity contribution in [3.63, 3.8) is 0 Å². The van der Waals surface area contributed by atoms with Crippen molar-refractivity contribution in [2.24, 2.45) is 5.41 Å². The van der Waals surface area contributed by atoms with E-state index >= 15 is 0 Å². The molecule has 1 aromatic rings. The Morgan fingerprint density at radius 1 is 1.33 bits per heavy atom. The van der Waals surface area contributed by atoms with Gasteiger partial charge in [0.1, 0.15) is 0 Å². The Kier molecular flexibility index (Phi) is 4.26. The SMILES string of the molecule is COc1ccnc(N2CCN(CC3(C)CCNC3)CC2)n1. The van der Waals surface area contributed by atoms with Crippen LogP contribution < -0.4 is 15.0 Å². The van der Waals surface area contributed by atoms with E-state index in [-0.39, 0.29) is 0 Å². The maximum Gasteiger partial charge on any atom is 0.228 e. The van der Waals surface area contributed by atoms with Gasteiger partial charge in [0.2, 0.25) is 11.8 Å². The quantitative estimate of drug-likeness (QED) is 0.877. The van der Waals surface area contributed by atoms with Crippen LogP contribution in [0.3, 0.4) is 0 Å². The molecule has 21 heavy (non-hydrogen) atoms. The standard InChI is InChI=1S/C15H25N5O/c1-15(4-6-16-11-15)12-19-7-9-20(10-8-19)14-17-5-3-13(18-14)21-2/h3,5,16H,4,6-12H2,1-2H3. The summed E-state index contributed by atoms with van der Waals surface area (Å²) in [7, 11) is 1.64. The maximum absolute atomic E-state index is 5.17. The summed E-state index contributed by atoms with van der Waals surface area (Å²) in [5.41, 5.74) is 0.439. The van der Waals surface area contributed by atoms with Crippen LogP contribution in [0.1, 0.15) is 13.3 Å². The summed E-state index contributed by atoms with van der Waals surface area (Å²) >= 11 is 0. The Morgan fingerprint density at radius 2 is 2.14 bits per heavy atom. The summed E-state index contributed by atoms with van der Waals surface area (Å²) in [5.74, 6) is 1.41. The summed E-state index contributed by atoms with van der Waals surface area (Å²) < 4.78 is 5.17. The number of anilines is 1. The van der Waals surface area contributed by atoms with E-state index in [0.717, 1.165) is 45.2 Å². The van der Waals surface area contributed by atoms with Crippen molar-refractivity contribution in [1.29, 1.82) is 0 Å². The first-order valence-electron chi connectivity index (χ1n) is 7.74. The number of rotatable bonds is 4. The van der Waals surface area contributed by atoms with Crippen molar-refractivity contribution in [3.8, 4) is 5.88 Å². The predicted molar refractivity (Wildman–Crippen MR) is 82.8 cm³/mol. The fourth-order valence-corrected chi connectivity index (χ4v) is 3.25. The van der Waals surface area contributed by atoms with Crippen LogP contribution in [0.5, 0.6) is 5.88 Å². The zero-order valence-corrected chi connectivity index (χ0v) is 13.0. The van der Waals surface area contributed by atoms with Crippen LogP contribution in [0, 0.1) is 5.41 Å². The number of nitrogens with one attached hydrogen (secondary N) is 1. The molecule has 3 rings (SSSR count). The second-order valence-electron chi connectivity index (χ2n) is 6.40. The highest BCUT2D eigenvalue weighted by Gasteiger charge is 2.32. The summed E-state index contributed by atoms with van der Waals surface area (Å²) in [6, 6.07) is 1.79. The summed E-state index contributed by atoms with van der Waals surface area (Å²) in [5, 5.41) is 3.48. The molecule has 0 aromatic carbocycles. The largest absolute Gasteiger partial charge is 0.481 e. The van der Waals surface area contributed by atoms with Crippen LogP contribution in [0.4, 0.5) is 5.95 Å². The third-order valence-corrected chi connectivity index (χ3v) is 4.54.